The van der Waals surface area contributed by atoms with E-state index in [1.54, 1.807) is 0 Å². The summed E-state index contributed by atoms with van der Waals surface area (Å²) >= 11 is 0. The minimum atomic E-state index is -0.780. The van der Waals surface area contributed by atoms with Crippen molar-refractivity contribution in [3.8, 4) is 0 Å². The second kappa shape index (κ2) is 4.34. The van der Waals surface area contributed by atoms with Crippen LogP contribution in [0.4, 0.5) is 0 Å². The third-order valence-corrected chi connectivity index (χ3v) is 5.73. The molecule has 1 aromatic rings. The van der Waals surface area contributed by atoms with Crippen molar-refractivity contribution in [2.75, 3.05) is 0 Å². The summed E-state index contributed by atoms with van der Waals surface area (Å²) in [7, 11) is 0. The summed E-state index contributed by atoms with van der Waals surface area (Å²) in [5, 5.41) is 13.1. The fraction of sp³-hybridized carbons (Fsp3) is 0.750. The molecule has 4 nitrogen and oxygen atoms in total. The fourth-order valence-electron chi connectivity index (χ4n) is 5.34. The fourth-order valence-corrected chi connectivity index (χ4v) is 5.34. The van der Waals surface area contributed by atoms with Gasteiger partial charge in [0.25, 0.3) is 0 Å². The van der Waals surface area contributed by atoms with Gasteiger partial charge in [-0.1, -0.05) is 5.16 Å². The highest BCUT2D eigenvalue weighted by molar-refractivity contribution is 5.66. The van der Waals surface area contributed by atoms with E-state index < -0.39 is 5.97 Å². The van der Waals surface area contributed by atoms with Crippen LogP contribution in [-0.2, 0) is 16.6 Å². The molecular weight excluding hydrogens is 254 g/mol. The van der Waals surface area contributed by atoms with E-state index in [1.807, 2.05) is 6.07 Å². The largest absolute Gasteiger partial charge is 0.481 e. The molecule has 0 saturated heterocycles. The minimum Gasteiger partial charge on any atom is -0.481 e. The molecule has 4 aliphatic carbocycles. The lowest BCUT2D eigenvalue weighted by atomic mass is 9.49. The second-order valence-corrected chi connectivity index (χ2v) is 7.27. The Morgan fingerprint density at radius 3 is 2.40 bits per heavy atom. The molecule has 1 heterocycles. The van der Waals surface area contributed by atoms with Gasteiger partial charge < -0.3 is 9.63 Å². The van der Waals surface area contributed by atoms with E-state index in [0.717, 1.165) is 29.2 Å². The van der Waals surface area contributed by atoms with Crippen molar-refractivity contribution in [2.45, 2.75) is 56.8 Å². The Labute approximate surface area is 118 Å². The summed E-state index contributed by atoms with van der Waals surface area (Å²) in [5.41, 5.74) is 1.36. The lowest BCUT2D eigenvalue weighted by Gasteiger charge is -2.56. The monoisotopic (exact) mass is 275 g/mol. The minimum absolute atomic E-state index is 0.121. The van der Waals surface area contributed by atoms with Crippen molar-refractivity contribution < 1.29 is 14.4 Å². The molecule has 0 aliphatic heterocycles. The number of aromatic nitrogens is 1. The van der Waals surface area contributed by atoms with Crippen LogP contribution in [0.2, 0.25) is 0 Å². The molecule has 0 spiro atoms. The molecule has 4 saturated carbocycles. The summed E-state index contributed by atoms with van der Waals surface area (Å²) in [4.78, 5) is 10.6. The quantitative estimate of drug-likeness (QED) is 0.916. The number of carboxylic acids is 1. The standard InChI is InChI=1S/C16H21NO3/c18-15(19)2-1-13-6-14(17-20-13)16-7-10-3-11(8-16)5-12(4-10)9-16/h6,10-12H,1-5,7-9H2,(H,18,19). The van der Waals surface area contributed by atoms with Crippen LogP contribution in [0.3, 0.4) is 0 Å². The van der Waals surface area contributed by atoms with Crippen LogP contribution in [0.25, 0.3) is 0 Å². The molecule has 20 heavy (non-hydrogen) atoms. The first kappa shape index (κ1) is 12.4. The van der Waals surface area contributed by atoms with Gasteiger partial charge in [0.05, 0.1) is 12.1 Å². The van der Waals surface area contributed by atoms with Crippen molar-refractivity contribution in [1.82, 2.24) is 5.16 Å². The topological polar surface area (TPSA) is 63.3 Å². The zero-order valence-electron chi connectivity index (χ0n) is 11.7. The first-order valence-corrected chi connectivity index (χ1v) is 7.81. The molecule has 4 heteroatoms. The second-order valence-electron chi connectivity index (χ2n) is 7.27. The number of aliphatic carboxylic acids is 1. The average Bonchev–Trinajstić information content (AvgIpc) is 2.84. The van der Waals surface area contributed by atoms with Gasteiger partial charge in [-0.15, -0.1) is 0 Å². The number of hydrogen-bond donors (Lipinski definition) is 1. The number of carbonyl (C=O) groups is 1. The molecule has 0 aromatic carbocycles. The van der Waals surface area contributed by atoms with E-state index in [9.17, 15) is 4.79 Å². The Morgan fingerprint density at radius 2 is 1.85 bits per heavy atom. The molecule has 1 aromatic heterocycles. The van der Waals surface area contributed by atoms with E-state index in [0.29, 0.717) is 6.42 Å². The van der Waals surface area contributed by atoms with Gasteiger partial charge in [-0.25, -0.2) is 0 Å². The highest BCUT2D eigenvalue weighted by atomic mass is 16.5. The summed E-state index contributed by atoms with van der Waals surface area (Å²) in [6, 6.07) is 2.04. The van der Waals surface area contributed by atoms with E-state index in [2.05, 4.69) is 5.16 Å². The normalized spacial score (nSPS) is 38.3. The van der Waals surface area contributed by atoms with Crippen LogP contribution >= 0.6 is 0 Å². The smallest absolute Gasteiger partial charge is 0.303 e. The van der Waals surface area contributed by atoms with Gasteiger partial charge in [-0.05, 0) is 56.3 Å². The maximum absolute atomic E-state index is 10.6. The summed E-state index contributed by atoms with van der Waals surface area (Å²) < 4.78 is 5.39. The van der Waals surface area contributed by atoms with Crippen molar-refractivity contribution in [3.05, 3.63) is 17.5 Å². The van der Waals surface area contributed by atoms with Gasteiger partial charge in [0.15, 0.2) is 0 Å². The third-order valence-electron chi connectivity index (χ3n) is 5.73. The predicted octanol–water partition coefficient (Wildman–Crippen LogP) is 3.16. The van der Waals surface area contributed by atoms with E-state index in [-0.39, 0.29) is 11.8 Å². The van der Waals surface area contributed by atoms with Gasteiger partial charge in [0, 0.05) is 17.9 Å². The SMILES string of the molecule is O=C(O)CCc1cc(C23CC4CC(CC(C4)C2)C3)no1. The van der Waals surface area contributed by atoms with E-state index in [1.165, 1.54) is 38.5 Å². The highest BCUT2D eigenvalue weighted by Crippen LogP contribution is 2.60. The van der Waals surface area contributed by atoms with Gasteiger partial charge >= 0.3 is 5.97 Å². The van der Waals surface area contributed by atoms with Crippen LogP contribution in [0.15, 0.2) is 10.6 Å². The molecule has 5 rings (SSSR count). The first-order valence-electron chi connectivity index (χ1n) is 7.81. The predicted molar refractivity (Wildman–Crippen MR) is 72.3 cm³/mol. The Hall–Kier alpha value is -1.32. The van der Waals surface area contributed by atoms with Crippen molar-refractivity contribution in [1.29, 1.82) is 0 Å². The Bertz CT molecular complexity index is 498. The Morgan fingerprint density at radius 1 is 1.25 bits per heavy atom. The summed E-state index contributed by atoms with van der Waals surface area (Å²) in [6.07, 6.45) is 8.64. The lowest BCUT2D eigenvalue weighted by Crippen LogP contribution is -2.48. The maximum Gasteiger partial charge on any atom is 0.303 e. The van der Waals surface area contributed by atoms with Gasteiger partial charge in [-0.2, -0.15) is 0 Å². The molecule has 4 aliphatic rings. The number of aryl methyl sites for hydroxylation is 1. The Balaban J connectivity index is 1.56. The average molecular weight is 275 g/mol. The first-order chi connectivity index (χ1) is 9.63. The van der Waals surface area contributed by atoms with Crippen LogP contribution in [-0.4, -0.2) is 16.2 Å². The third kappa shape index (κ3) is 1.97. The van der Waals surface area contributed by atoms with Crippen molar-refractivity contribution in [3.63, 3.8) is 0 Å². The summed E-state index contributed by atoms with van der Waals surface area (Å²) in [5.74, 6) is 2.62. The molecule has 108 valence electrons. The van der Waals surface area contributed by atoms with Crippen LogP contribution in [0.1, 0.15) is 56.4 Å². The molecular formula is C16H21NO3. The van der Waals surface area contributed by atoms with E-state index >= 15 is 0 Å². The molecule has 1 N–H and O–H groups in total. The molecule has 4 bridgehead atoms. The zero-order valence-corrected chi connectivity index (χ0v) is 11.7. The Kier molecular flexibility index (Phi) is 2.69. The number of nitrogens with zero attached hydrogens (tertiary/aromatic N) is 1. The zero-order chi connectivity index (χ0) is 13.7. The van der Waals surface area contributed by atoms with Crippen LogP contribution in [0, 0.1) is 17.8 Å². The van der Waals surface area contributed by atoms with Gasteiger partial charge in [0.1, 0.15) is 5.76 Å². The summed E-state index contributed by atoms with van der Waals surface area (Å²) in [6.45, 7) is 0. The van der Waals surface area contributed by atoms with Crippen molar-refractivity contribution >= 4 is 5.97 Å². The maximum atomic E-state index is 10.6. The van der Waals surface area contributed by atoms with Gasteiger partial charge in [0.2, 0.25) is 0 Å². The number of carboxylic acid groups (broad SMARTS) is 1. The molecule has 0 amide bonds. The number of hydrogen-bond acceptors (Lipinski definition) is 3. The molecule has 0 atom stereocenters. The van der Waals surface area contributed by atoms with Crippen molar-refractivity contribution in [2.24, 2.45) is 17.8 Å². The van der Waals surface area contributed by atoms with Crippen LogP contribution in [0.5, 0.6) is 0 Å². The lowest BCUT2D eigenvalue weighted by molar-refractivity contribution is -0.137. The van der Waals surface area contributed by atoms with E-state index in [4.69, 9.17) is 9.63 Å². The molecule has 4 fully saturated rings. The molecule has 0 unspecified atom stereocenters. The molecule has 0 radical (unpaired) electrons. The number of rotatable bonds is 4. The van der Waals surface area contributed by atoms with Gasteiger partial charge in [-0.3, -0.25) is 4.79 Å². The van der Waals surface area contributed by atoms with Crippen LogP contribution < -0.4 is 0 Å². The highest BCUT2D eigenvalue weighted by Gasteiger charge is 2.52.